The molecule has 9 nitrogen and oxygen atoms in total. The Hall–Kier alpha value is -2.79. The molecule has 0 aliphatic carbocycles. The molecule has 0 amide bonds. The molecule has 3 aromatic rings. The summed E-state index contributed by atoms with van der Waals surface area (Å²) >= 11 is 5.01. The molecule has 0 radical (unpaired) electrons. The summed E-state index contributed by atoms with van der Waals surface area (Å²) in [7, 11) is 0. The van der Waals surface area contributed by atoms with Gasteiger partial charge in [-0.15, -0.1) is 0 Å². The zero-order chi connectivity index (χ0) is 19.1. The molecule has 11 heteroatoms. The van der Waals surface area contributed by atoms with Gasteiger partial charge < -0.3 is 20.6 Å². The SMILES string of the molecule is CCn1cc(-c2n[nH]c(=S)n2N)c(=O)c2cc(F)c(N3CCNCC3)nc21. The number of aromatic nitrogens is 5. The molecule has 4 rings (SSSR count). The summed E-state index contributed by atoms with van der Waals surface area (Å²) in [5, 5.41) is 9.98. The van der Waals surface area contributed by atoms with E-state index in [0.29, 0.717) is 25.3 Å². The minimum absolute atomic E-state index is 0.180. The van der Waals surface area contributed by atoms with Crippen LogP contribution < -0.4 is 21.5 Å². The zero-order valence-corrected chi connectivity index (χ0v) is 15.5. The van der Waals surface area contributed by atoms with Crippen LogP contribution in [-0.4, -0.2) is 50.6 Å². The maximum absolute atomic E-state index is 14.8. The fraction of sp³-hybridized carbons (Fsp3) is 0.375. The van der Waals surface area contributed by atoms with E-state index in [4.69, 9.17) is 18.1 Å². The second kappa shape index (κ2) is 6.74. The Kier molecular flexibility index (Phi) is 4.40. The number of piperazine rings is 1. The van der Waals surface area contributed by atoms with E-state index in [1.165, 1.54) is 6.07 Å². The van der Waals surface area contributed by atoms with Gasteiger partial charge in [-0.05, 0) is 25.2 Å². The number of aryl methyl sites for hydroxylation is 1. The number of aromatic amines is 1. The number of H-pyrrole nitrogens is 1. The van der Waals surface area contributed by atoms with Gasteiger partial charge in [0.1, 0.15) is 5.65 Å². The number of hydrogen-bond donors (Lipinski definition) is 3. The lowest BCUT2D eigenvalue weighted by molar-refractivity contribution is 0.559. The first kappa shape index (κ1) is 17.6. The lowest BCUT2D eigenvalue weighted by Crippen LogP contribution is -2.44. The smallest absolute Gasteiger partial charge is 0.214 e. The van der Waals surface area contributed by atoms with Gasteiger partial charge in [-0.3, -0.25) is 4.79 Å². The van der Waals surface area contributed by atoms with Crippen LogP contribution in [0.1, 0.15) is 6.92 Å². The minimum atomic E-state index is -0.520. The molecule has 0 aromatic carbocycles. The normalized spacial score (nSPS) is 14.8. The van der Waals surface area contributed by atoms with Gasteiger partial charge in [0.25, 0.3) is 0 Å². The molecule has 0 unspecified atom stereocenters. The predicted molar refractivity (Wildman–Crippen MR) is 103 cm³/mol. The molecular weight excluding hydrogens is 371 g/mol. The number of halogens is 1. The van der Waals surface area contributed by atoms with Crippen molar-refractivity contribution in [3.8, 4) is 11.4 Å². The predicted octanol–water partition coefficient (Wildman–Crippen LogP) is 0.600. The van der Waals surface area contributed by atoms with E-state index >= 15 is 0 Å². The van der Waals surface area contributed by atoms with Gasteiger partial charge in [0, 0.05) is 38.9 Å². The maximum Gasteiger partial charge on any atom is 0.214 e. The fourth-order valence-electron chi connectivity index (χ4n) is 3.27. The molecule has 0 bridgehead atoms. The van der Waals surface area contributed by atoms with Crippen LogP contribution in [0.3, 0.4) is 0 Å². The molecule has 1 fully saturated rings. The first-order valence-electron chi connectivity index (χ1n) is 8.63. The lowest BCUT2D eigenvalue weighted by Gasteiger charge is -2.29. The van der Waals surface area contributed by atoms with Gasteiger partial charge in [-0.25, -0.2) is 19.1 Å². The van der Waals surface area contributed by atoms with Crippen LogP contribution >= 0.6 is 12.2 Å². The van der Waals surface area contributed by atoms with Crippen molar-refractivity contribution in [2.45, 2.75) is 13.5 Å². The van der Waals surface area contributed by atoms with Gasteiger partial charge in [-0.1, -0.05) is 0 Å². The van der Waals surface area contributed by atoms with Crippen molar-refractivity contribution in [3.05, 3.63) is 33.1 Å². The van der Waals surface area contributed by atoms with E-state index in [-0.39, 0.29) is 27.4 Å². The van der Waals surface area contributed by atoms with E-state index < -0.39 is 11.2 Å². The first-order chi connectivity index (χ1) is 13.0. The summed E-state index contributed by atoms with van der Waals surface area (Å²) in [6.07, 6.45) is 1.63. The molecule has 1 aliphatic heterocycles. The third kappa shape index (κ3) is 2.88. The number of hydrogen-bond acceptors (Lipinski definition) is 7. The van der Waals surface area contributed by atoms with Crippen LogP contribution in [0.4, 0.5) is 10.2 Å². The van der Waals surface area contributed by atoms with Crippen molar-refractivity contribution >= 4 is 29.1 Å². The Labute approximate surface area is 158 Å². The summed E-state index contributed by atoms with van der Waals surface area (Å²) in [6.45, 7) is 5.30. The van der Waals surface area contributed by atoms with Gasteiger partial charge in [0.15, 0.2) is 17.5 Å². The second-order valence-corrected chi connectivity index (χ2v) is 6.67. The third-order valence-corrected chi connectivity index (χ3v) is 4.97. The van der Waals surface area contributed by atoms with Gasteiger partial charge >= 0.3 is 0 Å². The highest BCUT2D eigenvalue weighted by atomic mass is 32.1. The van der Waals surface area contributed by atoms with Gasteiger partial charge in [0.2, 0.25) is 10.2 Å². The van der Waals surface area contributed by atoms with Crippen molar-refractivity contribution in [2.75, 3.05) is 36.9 Å². The van der Waals surface area contributed by atoms with E-state index in [1.54, 1.807) is 10.8 Å². The van der Waals surface area contributed by atoms with Crippen molar-refractivity contribution < 1.29 is 4.39 Å². The first-order valence-corrected chi connectivity index (χ1v) is 9.04. The average molecular weight is 390 g/mol. The average Bonchev–Trinajstić information content (AvgIpc) is 3.01. The standard InChI is InChI=1S/C16H19FN8OS/c1-2-23-8-10(14-21-22-16(27)25(14)18)12(26)9-7-11(17)15(20-13(9)23)24-5-3-19-4-6-24/h7-8,19H,2-6,18H2,1H3,(H,22,27). The van der Waals surface area contributed by atoms with Gasteiger partial charge in [0.05, 0.1) is 10.9 Å². The quantitative estimate of drug-likeness (QED) is 0.444. The molecule has 0 spiro atoms. The summed E-state index contributed by atoms with van der Waals surface area (Å²) in [4.78, 5) is 19.4. The molecule has 3 aromatic heterocycles. The van der Waals surface area contributed by atoms with Crippen LogP contribution in [0.25, 0.3) is 22.4 Å². The van der Waals surface area contributed by atoms with E-state index in [0.717, 1.165) is 17.8 Å². The van der Waals surface area contributed by atoms with Crippen molar-refractivity contribution in [3.63, 3.8) is 0 Å². The van der Waals surface area contributed by atoms with Crippen LogP contribution in [0.15, 0.2) is 17.1 Å². The summed E-state index contributed by atoms with van der Waals surface area (Å²) in [6, 6.07) is 1.25. The van der Waals surface area contributed by atoms with Crippen LogP contribution in [0.2, 0.25) is 0 Å². The molecule has 0 saturated carbocycles. The molecule has 4 heterocycles. The topological polar surface area (TPSA) is 110 Å². The minimum Gasteiger partial charge on any atom is -0.352 e. The van der Waals surface area contributed by atoms with Crippen molar-refractivity contribution in [1.82, 2.24) is 29.7 Å². The molecule has 142 valence electrons. The monoisotopic (exact) mass is 390 g/mol. The van der Waals surface area contributed by atoms with Gasteiger partial charge in [-0.2, -0.15) is 5.10 Å². The number of pyridine rings is 2. The van der Waals surface area contributed by atoms with E-state index in [1.807, 2.05) is 11.8 Å². The summed E-state index contributed by atoms with van der Waals surface area (Å²) in [5.41, 5.74) is 0.267. The van der Waals surface area contributed by atoms with Crippen LogP contribution in [-0.2, 0) is 6.54 Å². The molecule has 27 heavy (non-hydrogen) atoms. The molecule has 0 atom stereocenters. The van der Waals surface area contributed by atoms with E-state index in [9.17, 15) is 9.18 Å². The summed E-state index contributed by atoms with van der Waals surface area (Å²) in [5.74, 6) is 5.80. The van der Waals surface area contributed by atoms with Crippen LogP contribution in [0, 0.1) is 10.6 Å². The lowest BCUT2D eigenvalue weighted by atomic mass is 10.1. The summed E-state index contributed by atoms with van der Waals surface area (Å²) < 4.78 is 17.9. The number of fused-ring (bicyclic) bond motifs is 1. The fourth-order valence-corrected chi connectivity index (χ4v) is 3.40. The van der Waals surface area contributed by atoms with Crippen molar-refractivity contribution in [1.29, 1.82) is 0 Å². The Morgan fingerprint density at radius 3 is 2.74 bits per heavy atom. The number of nitrogen functional groups attached to an aromatic ring is 1. The number of nitrogens with one attached hydrogen (secondary N) is 2. The number of nitrogens with zero attached hydrogens (tertiary/aromatic N) is 5. The Morgan fingerprint density at radius 2 is 2.11 bits per heavy atom. The van der Waals surface area contributed by atoms with Crippen molar-refractivity contribution in [2.24, 2.45) is 0 Å². The number of nitrogens with two attached hydrogens (primary N) is 1. The maximum atomic E-state index is 14.8. The molecule has 4 N–H and O–H groups in total. The van der Waals surface area contributed by atoms with E-state index in [2.05, 4.69) is 20.5 Å². The molecule has 1 aliphatic rings. The molecular formula is C16H19FN8OS. The largest absolute Gasteiger partial charge is 0.352 e. The Bertz CT molecular complexity index is 1130. The zero-order valence-electron chi connectivity index (χ0n) is 14.7. The highest BCUT2D eigenvalue weighted by Gasteiger charge is 2.21. The number of anilines is 1. The van der Waals surface area contributed by atoms with Crippen LogP contribution in [0.5, 0.6) is 0 Å². The second-order valence-electron chi connectivity index (χ2n) is 6.28. The highest BCUT2D eigenvalue weighted by Crippen LogP contribution is 2.23. The third-order valence-electron chi connectivity index (χ3n) is 4.69. The Morgan fingerprint density at radius 1 is 1.37 bits per heavy atom. The number of rotatable bonds is 3. The Balaban J connectivity index is 1.96. The highest BCUT2D eigenvalue weighted by molar-refractivity contribution is 7.71. The molecule has 1 saturated heterocycles.